The summed E-state index contributed by atoms with van der Waals surface area (Å²) in [5.41, 5.74) is 1.82. The summed E-state index contributed by atoms with van der Waals surface area (Å²) in [7, 11) is -3.46. The lowest BCUT2D eigenvalue weighted by molar-refractivity contribution is -0.129. The molecule has 0 unspecified atom stereocenters. The lowest BCUT2D eigenvalue weighted by atomic mass is 10.1. The van der Waals surface area contributed by atoms with E-state index in [2.05, 4.69) is 20.5 Å². The lowest BCUT2D eigenvalue weighted by Crippen LogP contribution is -2.41. The fraction of sp³-hybridized carbons (Fsp3) is 0.333. The summed E-state index contributed by atoms with van der Waals surface area (Å²) < 4.78 is 25.8. The van der Waals surface area contributed by atoms with Crippen molar-refractivity contribution in [2.75, 3.05) is 13.1 Å². The number of amides is 2. The quantitative estimate of drug-likeness (QED) is 0.620. The zero-order valence-corrected chi connectivity index (χ0v) is 17.9. The molecule has 0 atom stereocenters. The predicted molar refractivity (Wildman–Crippen MR) is 114 cm³/mol. The van der Waals surface area contributed by atoms with Gasteiger partial charge in [0, 0.05) is 38.1 Å². The molecular formula is C21H23N5O4S. The van der Waals surface area contributed by atoms with Gasteiger partial charge >= 0.3 is 0 Å². The zero-order valence-electron chi connectivity index (χ0n) is 17.0. The normalized spacial score (nSPS) is 15.2. The Morgan fingerprint density at radius 1 is 1.16 bits per heavy atom. The first kappa shape index (κ1) is 21.0. The molecule has 1 saturated heterocycles. The number of sulfone groups is 1. The van der Waals surface area contributed by atoms with Crippen molar-refractivity contribution in [3.63, 3.8) is 0 Å². The number of pyridine rings is 1. The summed E-state index contributed by atoms with van der Waals surface area (Å²) in [4.78, 5) is 29.9. The Morgan fingerprint density at radius 3 is 2.55 bits per heavy atom. The van der Waals surface area contributed by atoms with E-state index in [-0.39, 0.29) is 23.3 Å². The van der Waals surface area contributed by atoms with Crippen LogP contribution in [0.5, 0.6) is 0 Å². The molecule has 1 aromatic carbocycles. The molecule has 3 heterocycles. The Bertz CT molecular complexity index is 1210. The van der Waals surface area contributed by atoms with Gasteiger partial charge in [-0.3, -0.25) is 14.7 Å². The number of aromatic nitrogens is 3. The minimum atomic E-state index is -3.46. The first-order valence-electron chi connectivity index (χ1n) is 10.0. The van der Waals surface area contributed by atoms with Crippen molar-refractivity contribution < 1.29 is 18.0 Å². The number of carbonyl (C=O) groups excluding carboxylic acids is 2. The number of aromatic amines is 1. The van der Waals surface area contributed by atoms with Crippen LogP contribution in [0.25, 0.3) is 11.0 Å². The van der Waals surface area contributed by atoms with Gasteiger partial charge < -0.3 is 10.2 Å². The summed E-state index contributed by atoms with van der Waals surface area (Å²) in [6.07, 6.45) is 3.95. The molecule has 4 rings (SSSR count). The molecule has 0 aliphatic carbocycles. The van der Waals surface area contributed by atoms with E-state index in [9.17, 15) is 18.0 Å². The second-order valence-electron chi connectivity index (χ2n) is 7.61. The second kappa shape index (κ2) is 8.46. The molecule has 1 aliphatic heterocycles. The van der Waals surface area contributed by atoms with Gasteiger partial charge in [0.25, 0.3) is 5.91 Å². The third kappa shape index (κ3) is 4.43. The molecule has 2 aromatic heterocycles. The summed E-state index contributed by atoms with van der Waals surface area (Å²) in [6, 6.07) is 8.26. The highest BCUT2D eigenvalue weighted by Crippen LogP contribution is 2.25. The standard InChI is InChI=1S/C21H23N5O4S/c1-14(27)26-8-6-19(7-9-26)31(29,30)18-4-2-15(3-5-18)11-23-21(28)17-10-16-13-24-25-20(16)22-12-17/h2-5,10,12-13,19H,6-9,11H2,1H3,(H,23,28)(H,22,24,25). The van der Waals surface area contributed by atoms with Crippen molar-refractivity contribution in [1.29, 1.82) is 0 Å². The molecule has 1 aliphatic rings. The topological polar surface area (TPSA) is 125 Å². The highest BCUT2D eigenvalue weighted by atomic mass is 32.2. The summed E-state index contributed by atoms with van der Waals surface area (Å²) >= 11 is 0. The van der Waals surface area contributed by atoms with Gasteiger partial charge in [-0.2, -0.15) is 5.10 Å². The second-order valence-corrected chi connectivity index (χ2v) is 9.84. The van der Waals surface area contributed by atoms with Crippen LogP contribution in [0.15, 0.2) is 47.6 Å². The first-order valence-corrected chi connectivity index (χ1v) is 11.5. The smallest absolute Gasteiger partial charge is 0.253 e. The van der Waals surface area contributed by atoms with Crippen LogP contribution >= 0.6 is 0 Å². The number of H-pyrrole nitrogens is 1. The van der Waals surface area contributed by atoms with Crippen LogP contribution in [-0.4, -0.2) is 58.7 Å². The molecule has 0 radical (unpaired) electrons. The third-order valence-corrected chi connectivity index (χ3v) is 7.86. The maximum atomic E-state index is 12.9. The maximum absolute atomic E-state index is 12.9. The SMILES string of the molecule is CC(=O)N1CCC(S(=O)(=O)c2ccc(CNC(=O)c3cnc4[nH]ncc4c3)cc2)CC1. The zero-order chi connectivity index (χ0) is 22.0. The van der Waals surface area contributed by atoms with E-state index < -0.39 is 15.1 Å². The van der Waals surface area contributed by atoms with Gasteiger partial charge in [-0.1, -0.05) is 12.1 Å². The van der Waals surface area contributed by atoms with Crippen LogP contribution in [0.2, 0.25) is 0 Å². The molecule has 0 bridgehead atoms. The van der Waals surface area contributed by atoms with Crippen molar-refractivity contribution in [2.24, 2.45) is 0 Å². The Balaban J connectivity index is 1.37. The van der Waals surface area contributed by atoms with E-state index in [0.29, 0.717) is 37.1 Å². The third-order valence-electron chi connectivity index (χ3n) is 5.58. The molecule has 2 amide bonds. The lowest BCUT2D eigenvalue weighted by Gasteiger charge is -2.31. The van der Waals surface area contributed by atoms with Gasteiger partial charge in [-0.25, -0.2) is 13.4 Å². The van der Waals surface area contributed by atoms with Crippen LogP contribution < -0.4 is 5.32 Å². The minimum absolute atomic E-state index is 0.0253. The minimum Gasteiger partial charge on any atom is -0.348 e. The number of rotatable bonds is 5. The van der Waals surface area contributed by atoms with Crippen molar-refractivity contribution in [3.05, 3.63) is 53.9 Å². The van der Waals surface area contributed by atoms with Crippen LogP contribution in [0.3, 0.4) is 0 Å². The number of nitrogens with one attached hydrogen (secondary N) is 2. The molecule has 10 heteroatoms. The van der Waals surface area contributed by atoms with Gasteiger partial charge in [-0.15, -0.1) is 0 Å². The van der Waals surface area contributed by atoms with E-state index in [0.717, 1.165) is 10.9 Å². The molecule has 2 N–H and O–H groups in total. The van der Waals surface area contributed by atoms with Crippen LogP contribution in [0.4, 0.5) is 0 Å². The number of hydrogen-bond acceptors (Lipinski definition) is 6. The molecule has 1 fully saturated rings. The number of hydrogen-bond donors (Lipinski definition) is 2. The fourth-order valence-corrected chi connectivity index (χ4v) is 5.45. The van der Waals surface area contributed by atoms with Crippen LogP contribution in [-0.2, 0) is 21.2 Å². The van der Waals surface area contributed by atoms with Gasteiger partial charge in [0.1, 0.15) is 0 Å². The average Bonchev–Trinajstić information content (AvgIpc) is 3.25. The number of carbonyl (C=O) groups is 2. The monoisotopic (exact) mass is 441 g/mol. The van der Waals surface area contributed by atoms with Gasteiger partial charge in [0.05, 0.1) is 21.9 Å². The number of nitrogens with zero attached hydrogens (tertiary/aromatic N) is 3. The summed E-state index contributed by atoms with van der Waals surface area (Å²) in [5.74, 6) is -0.299. The van der Waals surface area contributed by atoms with Crippen LogP contribution in [0, 0.1) is 0 Å². The van der Waals surface area contributed by atoms with Crippen molar-refractivity contribution in [2.45, 2.75) is 36.5 Å². The number of benzene rings is 1. The van der Waals surface area contributed by atoms with Crippen molar-refractivity contribution in [1.82, 2.24) is 25.4 Å². The highest BCUT2D eigenvalue weighted by Gasteiger charge is 2.31. The summed E-state index contributed by atoms with van der Waals surface area (Å²) in [5, 5.41) is 9.69. The van der Waals surface area contributed by atoms with Crippen LogP contribution in [0.1, 0.15) is 35.7 Å². The molecule has 162 valence electrons. The van der Waals surface area contributed by atoms with Crippen molar-refractivity contribution >= 4 is 32.7 Å². The van der Waals surface area contributed by atoms with Crippen molar-refractivity contribution in [3.8, 4) is 0 Å². The van der Waals surface area contributed by atoms with Gasteiger partial charge in [0.2, 0.25) is 5.91 Å². The Morgan fingerprint density at radius 2 is 1.87 bits per heavy atom. The number of piperidine rings is 1. The Hall–Kier alpha value is -3.27. The van der Waals surface area contributed by atoms with E-state index in [1.807, 2.05) is 0 Å². The summed E-state index contributed by atoms with van der Waals surface area (Å²) in [6.45, 7) is 2.68. The van der Waals surface area contributed by atoms with E-state index in [4.69, 9.17) is 0 Å². The average molecular weight is 442 g/mol. The molecule has 0 spiro atoms. The first-order chi connectivity index (χ1) is 14.8. The van der Waals surface area contributed by atoms with Gasteiger partial charge in [-0.05, 0) is 36.6 Å². The van der Waals surface area contributed by atoms with E-state index in [1.54, 1.807) is 41.4 Å². The predicted octanol–water partition coefficient (Wildman–Crippen LogP) is 1.67. The number of likely N-dealkylation sites (tertiary alicyclic amines) is 1. The molecular weight excluding hydrogens is 418 g/mol. The molecule has 31 heavy (non-hydrogen) atoms. The van der Waals surface area contributed by atoms with Gasteiger partial charge in [0.15, 0.2) is 15.5 Å². The molecule has 9 nitrogen and oxygen atoms in total. The number of fused-ring (bicyclic) bond motifs is 1. The largest absolute Gasteiger partial charge is 0.348 e. The fourth-order valence-electron chi connectivity index (χ4n) is 3.72. The maximum Gasteiger partial charge on any atom is 0.253 e. The highest BCUT2D eigenvalue weighted by molar-refractivity contribution is 7.92. The Labute approximate surface area is 179 Å². The Kier molecular flexibility index (Phi) is 5.73. The van der Waals surface area contributed by atoms with E-state index in [1.165, 1.54) is 13.1 Å². The van der Waals surface area contributed by atoms with E-state index >= 15 is 0 Å². The molecule has 3 aromatic rings. The molecule has 0 saturated carbocycles.